The molecule has 3 aromatic rings. The van der Waals surface area contributed by atoms with Crippen LogP contribution in [0.5, 0.6) is 0 Å². The van der Waals surface area contributed by atoms with Crippen LogP contribution in [-0.4, -0.2) is 40.5 Å². The van der Waals surface area contributed by atoms with Crippen molar-refractivity contribution in [1.29, 1.82) is 0 Å². The third-order valence-corrected chi connectivity index (χ3v) is 4.37. The van der Waals surface area contributed by atoms with Crippen LogP contribution in [0, 0.1) is 6.92 Å². The van der Waals surface area contributed by atoms with Crippen LogP contribution in [-0.2, 0) is 15.6 Å². The van der Waals surface area contributed by atoms with E-state index in [4.69, 9.17) is 0 Å². The zero-order valence-electron chi connectivity index (χ0n) is 14.7. The van der Waals surface area contributed by atoms with Crippen molar-refractivity contribution in [3.63, 3.8) is 0 Å². The first-order chi connectivity index (χ1) is 12.8. The smallest absolute Gasteiger partial charge is 0.258 e. The van der Waals surface area contributed by atoms with Gasteiger partial charge in [-0.15, -0.1) is 0 Å². The second kappa shape index (κ2) is 7.58. The molecule has 0 saturated carbocycles. The first-order valence-corrected chi connectivity index (χ1v) is 10.1. The zero-order valence-corrected chi connectivity index (χ0v) is 15.6. The van der Waals surface area contributed by atoms with Crippen LogP contribution < -0.4 is 5.32 Å². The summed E-state index contributed by atoms with van der Waals surface area (Å²) >= 11 is 0. The molecule has 3 rings (SSSR count). The Morgan fingerprint density at radius 2 is 1.78 bits per heavy atom. The molecule has 0 saturated heterocycles. The summed E-state index contributed by atoms with van der Waals surface area (Å²) in [4.78, 5) is 29.2. The highest BCUT2D eigenvalue weighted by Gasteiger charge is 2.12. The minimum atomic E-state index is -3.13. The second-order valence-corrected chi connectivity index (χ2v) is 8.11. The van der Waals surface area contributed by atoms with Gasteiger partial charge in [0, 0.05) is 18.0 Å². The SMILES string of the molecule is Cc1nc(NC(=O)c2ccc(CS(C)(=O)=O)cc2)nc(-c2ccccn2)n1. The Hall–Kier alpha value is -3.20. The summed E-state index contributed by atoms with van der Waals surface area (Å²) in [5.41, 5.74) is 1.55. The van der Waals surface area contributed by atoms with Crippen molar-refractivity contribution >= 4 is 21.7 Å². The summed E-state index contributed by atoms with van der Waals surface area (Å²) in [5, 5.41) is 2.63. The van der Waals surface area contributed by atoms with E-state index < -0.39 is 15.7 Å². The number of sulfone groups is 1. The lowest BCUT2D eigenvalue weighted by molar-refractivity contribution is 0.102. The molecular weight excluding hydrogens is 366 g/mol. The molecule has 0 bridgehead atoms. The van der Waals surface area contributed by atoms with Crippen molar-refractivity contribution in [3.05, 3.63) is 65.6 Å². The second-order valence-electron chi connectivity index (χ2n) is 5.97. The molecule has 0 spiro atoms. The van der Waals surface area contributed by atoms with Gasteiger partial charge in [0.25, 0.3) is 5.91 Å². The monoisotopic (exact) mass is 383 g/mol. The van der Waals surface area contributed by atoms with Gasteiger partial charge < -0.3 is 0 Å². The molecule has 0 aliphatic rings. The van der Waals surface area contributed by atoms with Crippen molar-refractivity contribution in [2.75, 3.05) is 11.6 Å². The Morgan fingerprint density at radius 3 is 2.41 bits per heavy atom. The van der Waals surface area contributed by atoms with Gasteiger partial charge >= 0.3 is 0 Å². The van der Waals surface area contributed by atoms with Gasteiger partial charge in [-0.3, -0.25) is 15.1 Å². The first-order valence-electron chi connectivity index (χ1n) is 8.02. The molecule has 1 aromatic carbocycles. The molecule has 8 nitrogen and oxygen atoms in total. The molecule has 2 heterocycles. The van der Waals surface area contributed by atoms with Crippen molar-refractivity contribution in [2.24, 2.45) is 0 Å². The third-order valence-electron chi connectivity index (χ3n) is 3.51. The maximum Gasteiger partial charge on any atom is 0.258 e. The normalized spacial score (nSPS) is 11.2. The number of hydrogen-bond acceptors (Lipinski definition) is 7. The molecule has 0 atom stereocenters. The van der Waals surface area contributed by atoms with Crippen LogP contribution in [0.25, 0.3) is 11.5 Å². The van der Waals surface area contributed by atoms with Crippen molar-refractivity contribution in [1.82, 2.24) is 19.9 Å². The van der Waals surface area contributed by atoms with Gasteiger partial charge in [0.15, 0.2) is 15.7 Å². The van der Waals surface area contributed by atoms with E-state index in [0.717, 1.165) is 6.26 Å². The number of rotatable bonds is 5. The Balaban J connectivity index is 1.79. The van der Waals surface area contributed by atoms with Crippen molar-refractivity contribution in [3.8, 4) is 11.5 Å². The van der Waals surface area contributed by atoms with Crippen LogP contribution in [0.2, 0.25) is 0 Å². The van der Waals surface area contributed by atoms with Gasteiger partial charge in [-0.2, -0.15) is 9.97 Å². The van der Waals surface area contributed by atoms with Crippen LogP contribution in [0.1, 0.15) is 21.7 Å². The number of pyridine rings is 1. The molecule has 27 heavy (non-hydrogen) atoms. The van der Waals surface area contributed by atoms with Crippen LogP contribution >= 0.6 is 0 Å². The standard InChI is InChI=1S/C18H17N5O3S/c1-12-20-16(15-5-3-4-10-19-15)22-18(21-12)23-17(24)14-8-6-13(7-9-14)11-27(2,25)26/h3-10H,11H2,1-2H3,(H,20,21,22,23,24). The molecule has 0 aliphatic heterocycles. The van der Waals surface area contributed by atoms with Gasteiger partial charge in [0.1, 0.15) is 11.5 Å². The quantitative estimate of drug-likeness (QED) is 0.717. The average molecular weight is 383 g/mol. The third kappa shape index (κ3) is 5.14. The minimum Gasteiger partial charge on any atom is -0.290 e. The number of aromatic nitrogens is 4. The van der Waals surface area contributed by atoms with Gasteiger partial charge in [-0.1, -0.05) is 18.2 Å². The highest BCUT2D eigenvalue weighted by molar-refractivity contribution is 7.89. The van der Waals surface area contributed by atoms with Crippen LogP contribution in [0.3, 0.4) is 0 Å². The maximum atomic E-state index is 12.4. The maximum absolute atomic E-state index is 12.4. The Bertz CT molecular complexity index is 1070. The Kier molecular flexibility index (Phi) is 5.22. The van der Waals surface area contributed by atoms with E-state index in [1.807, 2.05) is 6.07 Å². The predicted octanol–water partition coefficient (Wildman–Crippen LogP) is 2.04. The summed E-state index contributed by atoms with van der Waals surface area (Å²) in [6, 6.07) is 11.7. The highest BCUT2D eigenvalue weighted by Crippen LogP contribution is 2.14. The summed E-state index contributed by atoms with van der Waals surface area (Å²) in [7, 11) is -3.13. The molecule has 1 amide bonds. The number of carbonyl (C=O) groups is 1. The first kappa shape index (κ1) is 18.6. The minimum absolute atomic E-state index is 0.0744. The number of anilines is 1. The van der Waals surface area contributed by atoms with Crippen LogP contribution in [0.15, 0.2) is 48.7 Å². The lowest BCUT2D eigenvalue weighted by Gasteiger charge is -2.07. The van der Waals surface area contributed by atoms with E-state index >= 15 is 0 Å². The topological polar surface area (TPSA) is 115 Å². The van der Waals surface area contributed by atoms with Gasteiger partial charge in [0.2, 0.25) is 5.95 Å². The van der Waals surface area contributed by atoms with Gasteiger partial charge in [0.05, 0.1) is 5.75 Å². The average Bonchev–Trinajstić information content (AvgIpc) is 2.61. The molecule has 0 unspecified atom stereocenters. The molecule has 2 aromatic heterocycles. The van der Waals surface area contributed by atoms with E-state index in [1.165, 1.54) is 0 Å². The number of hydrogen-bond donors (Lipinski definition) is 1. The van der Waals surface area contributed by atoms with E-state index in [0.29, 0.717) is 28.5 Å². The van der Waals surface area contributed by atoms with E-state index in [2.05, 4.69) is 25.3 Å². The van der Waals surface area contributed by atoms with E-state index in [-0.39, 0.29) is 11.7 Å². The summed E-state index contributed by atoms with van der Waals surface area (Å²) < 4.78 is 22.7. The molecule has 1 N–H and O–H groups in total. The fourth-order valence-corrected chi connectivity index (χ4v) is 3.17. The fraction of sp³-hybridized carbons (Fsp3) is 0.167. The van der Waals surface area contributed by atoms with E-state index in [9.17, 15) is 13.2 Å². The number of amides is 1. The van der Waals surface area contributed by atoms with Crippen LogP contribution in [0.4, 0.5) is 5.95 Å². The molecular formula is C18H17N5O3S. The summed E-state index contributed by atoms with van der Waals surface area (Å²) in [5.74, 6) is 0.452. The van der Waals surface area contributed by atoms with Gasteiger partial charge in [-0.25, -0.2) is 13.4 Å². The molecule has 0 radical (unpaired) electrons. The fourth-order valence-electron chi connectivity index (χ4n) is 2.38. The Morgan fingerprint density at radius 1 is 1.04 bits per heavy atom. The number of nitrogens with one attached hydrogen (secondary N) is 1. The molecule has 0 fully saturated rings. The predicted molar refractivity (Wildman–Crippen MR) is 101 cm³/mol. The molecule has 9 heteroatoms. The van der Waals surface area contributed by atoms with Gasteiger partial charge in [-0.05, 0) is 36.8 Å². The number of nitrogens with zero attached hydrogens (tertiary/aromatic N) is 4. The summed E-state index contributed by atoms with van der Waals surface area (Å²) in [6.45, 7) is 1.70. The van der Waals surface area contributed by atoms with E-state index in [1.54, 1.807) is 49.5 Å². The number of carbonyl (C=O) groups excluding carboxylic acids is 1. The van der Waals surface area contributed by atoms with Crippen molar-refractivity contribution in [2.45, 2.75) is 12.7 Å². The largest absolute Gasteiger partial charge is 0.290 e. The number of benzene rings is 1. The highest BCUT2D eigenvalue weighted by atomic mass is 32.2. The molecule has 0 aliphatic carbocycles. The summed E-state index contributed by atoms with van der Waals surface area (Å²) in [6.07, 6.45) is 2.79. The number of aryl methyl sites for hydroxylation is 1. The molecule has 138 valence electrons. The lowest BCUT2D eigenvalue weighted by Crippen LogP contribution is -2.15. The van der Waals surface area contributed by atoms with Crippen molar-refractivity contribution < 1.29 is 13.2 Å². The lowest BCUT2D eigenvalue weighted by atomic mass is 10.1. The Labute approximate surface area is 156 Å². The zero-order chi connectivity index (χ0) is 19.4.